The average Bonchev–Trinajstić information content (AvgIpc) is 2.27. The van der Waals surface area contributed by atoms with E-state index in [1.807, 2.05) is 0 Å². The van der Waals surface area contributed by atoms with Crippen LogP contribution in [0.3, 0.4) is 0 Å². The molecule has 0 aliphatic carbocycles. The standard InChI is InChI=1S/C11H10ClNO2/c1-13-10(11(14)15-2)7-8-3-5-9(12)6-4-8/h3-6,10H,7H2,2H3. The lowest BCUT2D eigenvalue weighted by atomic mass is 10.1. The average molecular weight is 224 g/mol. The van der Waals surface area contributed by atoms with Crippen LogP contribution < -0.4 is 0 Å². The van der Waals surface area contributed by atoms with Crippen molar-refractivity contribution < 1.29 is 9.53 Å². The predicted molar refractivity (Wildman–Crippen MR) is 57.6 cm³/mol. The molecular formula is C11H10ClNO2. The van der Waals surface area contributed by atoms with Gasteiger partial charge >= 0.3 is 12.0 Å². The van der Waals surface area contributed by atoms with Crippen LogP contribution in [0.4, 0.5) is 0 Å². The second-order valence-electron chi connectivity index (χ2n) is 3.00. The van der Waals surface area contributed by atoms with Crippen LogP contribution in [-0.2, 0) is 16.0 Å². The van der Waals surface area contributed by atoms with E-state index in [-0.39, 0.29) is 0 Å². The molecule has 0 saturated heterocycles. The van der Waals surface area contributed by atoms with Gasteiger partial charge in [0.15, 0.2) is 0 Å². The maximum absolute atomic E-state index is 11.2. The molecule has 15 heavy (non-hydrogen) atoms. The third-order valence-electron chi connectivity index (χ3n) is 1.97. The number of benzene rings is 1. The quantitative estimate of drug-likeness (QED) is 0.582. The van der Waals surface area contributed by atoms with Crippen LogP contribution in [-0.4, -0.2) is 19.1 Å². The van der Waals surface area contributed by atoms with Crippen molar-refractivity contribution in [3.8, 4) is 0 Å². The SMILES string of the molecule is [C-]#[N+]C(Cc1ccc(Cl)cc1)C(=O)OC. The van der Waals surface area contributed by atoms with E-state index in [1.165, 1.54) is 7.11 Å². The number of nitrogens with zero attached hydrogens (tertiary/aromatic N) is 1. The Bertz CT molecular complexity index is 381. The Hall–Kier alpha value is -1.53. The molecule has 1 rings (SSSR count). The molecule has 78 valence electrons. The summed E-state index contributed by atoms with van der Waals surface area (Å²) in [6.07, 6.45) is 0.355. The molecule has 0 aliphatic rings. The molecule has 0 saturated carbocycles. The van der Waals surface area contributed by atoms with Crippen molar-refractivity contribution in [3.63, 3.8) is 0 Å². The zero-order valence-electron chi connectivity index (χ0n) is 8.24. The van der Waals surface area contributed by atoms with Crippen LogP contribution in [0.1, 0.15) is 5.56 Å². The zero-order valence-corrected chi connectivity index (χ0v) is 8.99. The highest BCUT2D eigenvalue weighted by Crippen LogP contribution is 2.12. The first-order valence-corrected chi connectivity index (χ1v) is 4.74. The minimum atomic E-state index is -0.767. The number of hydrogen-bond donors (Lipinski definition) is 0. The smallest absolute Gasteiger partial charge is 0.390 e. The highest BCUT2D eigenvalue weighted by Gasteiger charge is 2.24. The predicted octanol–water partition coefficient (Wildman–Crippen LogP) is 2.34. The molecule has 1 aromatic rings. The fourth-order valence-electron chi connectivity index (χ4n) is 1.16. The third kappa shape index (κ3) is 3.26. The molecule has 3 nitrogen and oxygen atoms in total. The Morgan fingerprint density at radius 1 is 1.53 bits per heavy atom. The number of methoxy groups -OCH3 is 1. The fraction of sp³-hybridized carbons (Fsp3) is 0.273. The first-order chi connectivity index (χ1) is 7.17. The highest BCUT2D eigenvalue weighted by molar-refractivity contribution is 6.30. The maximum Gasteiger partial charge on any atom is 0.390 e. The van der Waals surface area contributed by atoms with Crippen LogP contribution >= 0.6 is 11.6 Å². The normalized spacial score (nSPS) is 11.5. The summed E-state index contributed by atoms with van der Waals surface area (Å²) in [5, 5.41) is 0.635. The van der Waals surface area contributed by atoms with Crippen LogP contribution in [0.5, 0.6) is 0 Å². The van der Waals surface area contributed by atoms with Crippen molar-refractivity contribution in [3.05, 3.63) is 46.3 Å². The first kappa shape index (κ1) is 11.5. The fourth-order valence-corrected chi connectivity index (χ4v) is 1.29. The van der Waals surface area contributed by atoms with Gasteiger partial charge in [0.05, 0.1) is 13.5 Å². The lowest BCUT2D eigenvalue weighted by molar-refractivity contribution is -0.141. The van der Waals surface area contributed by atoms with Gasteiger partial charge in [-0.15, -0.1) is 0 Å². The van der Waals surface area contributed by atoms with Gasteiger partial charge < -0.3 is 9.58 Å². The highest BCUT2D eigenvalue weighted by atomic mass is 35.5. The van der Waals surface area contributed by atoms with Gasteiger partial charge in [0.1, 0.15) is 0 Å². The Morgan fingerprint density at radius 2 is 2.13 bits per heavy atom. The van der Waals surface area contributed by atoms with E-state index < -0.39 is 12.0 Å². The van der Waals surface area contributed by atoms with E-state index in [1.54, 1.807) is 24.3 Å². The Kier molecular flexibility index (Phi) is 4.14. The molecule has 0 amide bonds. The van der Waals surface area contributed by atoms with Gasteiger partial charge in [0, 0.05) is 5.02 Å². The molecule has 0 heterocycles. The zero-order chi connectivity index (χ0) is 11.3. The summed E-state index contributed by atoms with van der Waals surface area (Å²) in [7, 11) is 1.28. The molecule has 0 aromatic heterocycles. The summed E-state index contributed by atoms with van der Waals surface area (Å²) in [6.45, 7) is 6.88. The van der Waals surface area contributed by atoms with Gasteiger partial charge in [0.25, 0.3) is 0 Å². The molecule has 1 atom stereocenters. The Balaban J connectivity index is 2.72. The van der Waals surface area contributed by atoms with E-state index in [0.717, 1.165) is 5.56 Å². The van der Waals surface area contributed by atoms with Gasteiger partial charge in [-0.2, -0.15) is 0 Å². The molecule has 0 fully saturated rings. The van der Waals surface area contributed by atoms with Gasteiger partial charge in [-0.3, -0.25) is 0 Å². The third-order valence-corrected chi connectivity index (χ3v) is 2.22. The number of ether oxygens (including phenoxy) is 1. The van der Waals surface area contributed by atoms with Gasteiger partial charge in [-0.05, 0) is 17.7 Å². The summed E-state index contributed by atoms with van der Waals surface area (Å²) < 4.78 is 4.52. The molecule has 0 spiro atoms. The van der Waals surface area contributed by atoms with Crippen LogP contribution in [0.25, 0.3) is 4.85 Å². The summed E-state index contributed by atoms with van der Waals surface area (Å²) >= 11 is 5.72. The van der Waals surface area contributed by atoms with Crippen molar-refractivity contribution in [2.45, 2.75) is 12.5 Å². The van der Waals surface area contributed by atoms with Crippen LogP contribution in [0.15, 0.2) is 24.3 Å². The molecule has 1 unspecified atom stereocenters. The lowest BCUT2D eigenvalue weighted by Gasteiger charge is -2.03. The molecule has 0 aliphatic heterocycles. The minimum absolute atomic E-state index is 0.355. The summed E-state index contributed by atoms with van der Waals surface area (Å²) in [5.41, 5.74) is 0.894. The van der Waals surface area contributed by atoms with Crippen LogP contribution in [0, 0.1) is 6.57 Å². The molecule has 4 heteroatoms. The topological polar surface area (TPSA) is 30.7 Å². The summed E-state index contributed by atoms with van der Waals surface area (Å²) in [6, 6.07) is 6.29. The van der Waals surface area contributed by atoms with E-state index in [2.05, 4.69) is 9.58 Å². The largest absolute Gasteiger partial charge is 0.463 e. The number of halogens is 1. The Morgan fingerprint density at radius 3 is 2.60 bits per heavy atom. The van der Waals surface area contributed by atoms with E-state index >= 15 is 0 Å². The minimum Gasteiger partial charge on any atom is -0.463 e. The Labute approximate surface area is 93.4 Å². The lowest BCUT2D eigenvalue weighted by Crippen LogP contribution is -2.20. The van der Waals surface area contributed by atoms with Gasteiger partial charge in [-0.25, -0.2) is 11.4 Å². The molecule has 0 radical (unpaired) electrons. The second kappa shape index (κ2) is 5.38. The molecular weight excluding hydrogens is 214 g/mol. The van der Waals surface area contributed by atoms with Gasteiger partial charge in [0.2, 0.25) is 0 Å². The van der Waals surface area contributed by atoms with Crippen molar-refractivity contribution in [2.24, 2.45) is 0 Å². The number of rotatable bonds is 3. The number of hydrogen-bond acceptors (Lipinski definition) is 2. The van der Waals surface area contributed by atoms with Crippen molar-refractivity contribution >= 4 is 17.6 Å². The summed E-state index contributed by atoms with van der Waals surface area (Å²) in [4.78, 5) is 14.4. The van der Waals surface area contributed by atoms with Crippen molar-refractivity contribution in [2.75, 3.05) is 7.11 Å². The van der Waals surface area contributed by atoms with E-state index in [9.17, 15) is 4.79 Å². The number of carbonyl (C=O) groups excluding carboxylic acids is 1. The molecule has 0 bridgehead atoms. The van der Waals surface area contributed by atoms with Gasteiger partial charge in [-0.1, -0.05) is 23.7 Å². The number of esters is 1. The molecule has 0 N–H and O–H groups in total. The van der Waals surface area contributed by atoms with Crippen LogP contribution in [0.2, 0.25) is 5.02 Å². The number of carbonyl (C=O) groups is 1. The summed E-state index contributed by atoms with van der Waals surface area (Å²) in [5.74, 6) is -0.500. The second-order valence-corrected chi connectivity index (χ2v) is 3.44. The van der Waals surface area contributed by atoms with E-state index in [4.69, 9.17) is 18.2 Å². The monoisotopic (exact) mass is 223 g/mol. The van der Waals surface area contributed by atoms with Crippen molar-refractivity contribution in [1.82, 2.24) is 0 Å². The maximum atomic E-state index is 11.2. The van der Waals surface area contributed by atoms with E-state index in [0.29, 0.717) is 11.4 Å². The first-order valence-electron chi connectivity index (χ1n) is 4.36. The van der Waals surface area contributed by atoms with Crippen molar-refractivity contribution in [1.29, 1.82) is 0 Å². The molecule has 1 aromatic carbocycles.